The monoisotopic (exact) mass is 275 g/mol. The Hall–Kier alpha value is -2.10. The molecular weight excluding hydrogens is 254 g/mol. The zero-order valence-electron chi connectivity index (χ0n) is 12.3. The standard InChI is InChI=1S/C16H21NO3/c1-12(2)16(19)20-11-5-6-15(18)13-7-9-14(10-8-13)17(3)4/h7-10H,1,5-6,11H2,2-4H3. The number of carbonyl (C=O) groups is 2. The molecule has 0 heterocycles. The Labute approximate surface area is 120 Å². The van der Waals surface area contributed by atoms with E-state index < -0.39 is 5.97 Å². The first-order valence-corrected chi connectivity index (χ1v) is 6.55. The lowest BCUT2D eigenvalue weighted by Crippen LogP contribution is -2.09. The topological polar surface area (TPSA) is 46.6 Å². The van der Waals surface area contributed by atoms with Crippen molar-refractivity contribution in [1.29, 1.82) is 0 Å². The third-order valence-electron chi connectivity index (χ3n) is 2.84. The molecule has 0 saturated carbocycles. The minimum absolute atomic E-state index is 0.0571. The fraction of sp³-hybridized carbons (Fsp3) is 0.375. The van der Waals surface area contributed by atoms with Crippen LogP contribution in [0, 0.1) is 0 Å². The highest BCUT2D eigenvalue weighted by Gasteiger charge is 2.07. The minimum atomic E-state index is -0.409. The van der Waals surface area contributed by atoms with Crippen LogP contribution in [0.3, 0.4) is 0 Å². The first-order valence-electron chi connectivity index (χ1n) is 6.55. The van der Waals surface area contributed by atoms with E-state index in [0.29, 0.717) is 24.0 Å². The molecule has 0 aliphatic carbocycles. The Bertz CT molecular complexity index is 489. The van der Waals surface area contributed by atoms with Gasteiger partial charge in [0.1, 0.15) is 0 Å². The van der Waals surface area contributed by atoms with E-state index in [1.165, 1.54) is 0 Å². The number of hydrogen-bond acceptors (Lipinski definition) is 4. The molecule has 0 radical (unpaired) electrons. The van der Waals surface area contributed by atoms with E-state index in [2.05, 4.69) is 6.58 Å². The third kappa shape index (κ3) is 4.88. The van der Waals surface area contributed by atoms with Crippen LogP contribution in [-0.2, 0) is 9.53 Å². The molecule has 4 heteroatoms. The van der Waals surface area contributed by atoms with Crippen LogP contribution < -0.4 is 4.90 Å². The zero-order valence-corrected chi connectivity index (χ0v) is 12.3. The van der Waals surface area contributed by atoms with E-state index in [-0.39, 0.29) is 12.4 Å². The number of carbonyl (C=O) groups excluding carboxylic acids is 2. The van der Waals surface area contributed by atoms with Gasteiger partial charge in [-0.2, -0.15) is 0 Å². The maximum atomic E-state index is 11.9. The first kappa shape index (κ1) is 16.0. The third-order valence-corrected chi connectivity index (χ3v) is 2.84. The quantitative estimate of drug-likeness (QED) is 0.332. The molecule has 108 valence electrons. The Kier molecular flexibility index (Phi) is 5.97. The average molecular weight is 275 g/mol. The van der Waals surface area contributed by atoms with Crippen LogP contribution in [0.25, 0.3) is 0 Å². The fourth-order valence-corrected chi connectivity index (χ4v) is 1.61. The number of ether oxygens (including phenoxy) is 1. The van der Waals surface area contributed by atoms with Gasteiger partial charge in [-0.15, -0.1) is 0 Å². The summed E-state index contributed by atoms with van der Waals surface area (Å²) in [7, 11) is 3.90. The van der Waals surface area contributed by atoms with Crippen molar-refractivity contribution in [2.24, 2.45) is 0 Å². The van der Waals surface area contributed by atoms with Gasteiger partial charge in [-0.3, -0.25) is 4.79 Å². The molecule has 0 aromatic heterocycles. The number of hydrogen-bond donors (Lipinski definition) is 0. The lowest BCUT2D eigenvalue weighted by molar-refractivity contribution is -0.139. The summed E-state index contributed by atoms with van der Waals surface area (Å²) in [5.74, 6) is -0.352. The van der Waals surface area contributed by atoms with Crippen molar-refractivity contribution < 1.29 is 14.3 Å². The SMILES string of the molecule is C=C(C)C(=O)OCCCC(=O)c1ccc(N(C)C)cc1. The highest BCUT2D eigenvalue weighted by atomic mass is 16.5. The molecule has 0 atom stereocenters. The minimum Gasteiger partial charge on any atom is -0.462 e. The van der Waals surface area contributed by atoms with E-state index in [1.54, 1.807) is 6.92 Å². The summed E-state index contributed by atoms with van der Waals surface area (Å²) in [4.78, 5) is 25.1. The van der Waals surface area contributed by atoms with Crippen LogP contribution in [-0.4, -0.2) is 32.5 Å². The van der Waals surface area contributed by atoms with Crippen molar-refractivity contribution in [1.82, 2.24) is 0 Å². The molecule has 0 saturated heterocycles. The average Bonchev–Trinajstić information content (AvgIpc) is 2.43. The molecule has 1 rings (SSSR count). The molecule has 0 spiro atoms. The van der Waals surface area contributed by atoms with Gasteiger partial charge in [0.15, 0.2) is 5.78 Å². The maximum Gasteiger partial charge on any atom is 0.333 e. The summed E-state index contributed by atoms with van der Waals surface area (Å²) in [6.45, 7) is 5.33. The Balaban J connectivity index is 2.39. The zero-order chi connectivity index (χ0) is 15.1. The fourth-order valence-electron chi connectivity index (χ4n) is 1.61. The van der Waals surface area contributed by atoms with Crippen molar-refractivity contribution in [3.63, 3.8) is 0 Å². The van der Waals surface area contributed by atoms with E-state index in [1.807, 2.05) is 43.3 Å². The first-order chi connectivity index (χ1) is 9.41. The van der Waals surface area contributed by atoms with Crippen molar-refractivity contribution in [2.75, 3.05) is 25.6 Å². The molecule has 1 aromatic rings. The van der Waals surface area contributed by atoms with Crippen molar-refractivity contribution >= 4 is 17.4 Å². The second-order valence-corrected chi connectivity index (χ2v) is 4.88. The Morgan fingerprint density at radius 1 is 1.20 bits per heavy atom. The number of benzene rings is 1. The number of Topliss-reactive ketones (excluding diaryl/α,β-unsaturated/α-hetero) is 1. The van der Waals surface area contributed by atoms with Gasteiger partial charge < -0.3 is 9.64 Å². The predicted octanol–water partition coefficient (Wildman–Crippen LogP) is 2.83. The van der Waals surface area contributed by atoms with Crippen molar-refractivity contribution in [3.8, 4) is 0 Å². The predicted molar refractivity (Wildman–Crippen MR) is 80.1 cm³/mol. The summed E-state index contributed by atoms with van der Waals surface area (Å²) in [5.41, 5.74) is 2.11. The molecule has 0 aliphatic heterocycles. The largest absolute Gasteiger partial charge is 0.462 e. The van der Waals surface area contributed by atoms with Gasteiger partial charge in [-0.05, 0) is 37.6 Å². The summed E-state index contributed by atoms with van der Waals surface area (Å²) >= 11 is 0. The van der Waals surface area contributed by atoms with Crippen molar-refractivity contribution in [3.05, 3.63) is 42.0 Å². The summed E-state index contributed by atoms with van der Waals surface area (Å²) < 4.78 is 4.94. The molecule has 4 nitrogen and oxygen atoms in total. The molecule has 20 heavy (non-hydrogen) atoms. The van der Waals surface area contributed by atoms with E-state index in [9.17, 15) is 9.59 Å². The number of anilines is 1. The number of nitrogens with zero attached hydrogens (tertiary/aromatic N) is 1. The number of esters is 1. The van der Waals surface area contributed by atoms with Gasteiger partial charge in [-0.1, -0.05) is 6.58 Å². The van der Waals surface area contributed by atoms with E-state index in [0.717, 1.165) is 5.69 Å². The molecule has 0 N–H and O–H groups in total. The summed E-state index contributed by atoms with van der Waals surface area (Å²) in [5, 5.41) is 0. The Morgan fingerprint density at radius 2 is 1.80 bits per heavy atom. The molecule has 0 fully saturated rings. The van der Waals surface area contributed by atoms with Crippen molar-refractivity contribution in [2.45, 2.75) is 19.8 Å². The van der Waals surface area contributed by atoms with E-state index in [4.69, 9.17) is 4.74 Å². The van der Waals surface area contributed by atoms with Gasteiger partial charge >= 0.3 is 5.97 Å². The number of rotatable bonds is 7. The lowest BCUT2D eigenvalue weighted by Gasteiger charge is -2.12. The van der Waals surface area contributed by atoms with Crippen LogP contribution in [0.4, 0.5) is 5.69 Å². The smallest absolute Gasteiger partial charge is 0.333 e. The van der Waals surface area contributed by atoms with Crippen LogP contribution in [0.1, 0.15) is 30.1 Å². The highest BCUT2D eigenvalue weighted by Crippen LogP contribution is 2.14. The van der Waals surface area contributed by atoms with Gasteiger partial charge in [0.25, 0.3) is 0 Å². The molecule has 0 bridgehead atoms. The summed E-state index contributed by atoms with van der Waals surface area (Å²) in [6.07, 6.45) is 0.887. The van der Waals surface area contributed by atoms with Gasteiger partial charge in [0, 0.05) is 37.3 Å². The van der Waals surface area contributed by atoms with Gasteiger partial charge in [-0.25, -0.2) is 4.79 Å². The normalized spacial score (nSPS) is 9.95. The highest BCUT2D eigenvalue weighted by molar-refractivity contribution is 5.96. The molecule has 1 aromatic carbocycles. The maximum absolute atomic E-state index is 11.9. The van der Waals surface area contributed by atoms with Crippen LogP contribution in [0.15, 0.2) is 36.4 Å². The second-order valence-electron chi connectivity index (χ2n) is 4.88. The number of ketones is 1. The molecule has 0 amide bonds. The summed E-state index contributed by atoms with van der Waals surface area (Å²) in [6, 6.07) is 7.46. The molecule has 0 aliphatic rings. The Morgan fingerprint density at radius 3 is 2.30 bits per heavy atom. The van der Waals surface area contributed by atoms with Crippen LogP contribution in [0.5, 0.6) is 0 Å². The van der Waals surface area contributed by atoms with E-state index >= 15 is 0 Å². The van der Waals surface area contributed by atoms with Crippen LogP contribution >= 0.6 is 0 Å². The second kappa shape index (κ2) is 7.48. The van der Waals surface area contributed by atoms with Crippen LogP contribution in [0.2, 0.25) is 0 Å². The van der Waals surface area contributed by atoms with Gasteiger partial charge in [0.2, 0.25) is 0 Å². The molecule has 0 unspecified atom stereocenters. The lowest BCUT2D eigenvalue weighted by atomic mass is 10.1. The van der Waals surface area contributed by atoms with Gasteiger partial charge in [0.05, 0.1) is 6.61 Å². The molecular formula is C16H21NO3.